The van der Waals surface area contributed by atoms with Gasteiger partial charge < -0.3 is 10.5 Å². The van der Waals surface area contributed by atoms with Crippen molar-refractivity contribution in [3.8, 4) is 11.6 Å². The second-order valence-electron chi connectivity index (χ2n) is 3.35. The summed E-state index contributed by atoms with van der Waals surface area (Å²) in [6, 6.07) is 3.48. The fourth-order valence-electron chi connectivity index (χ4n) is 1.27. The van der Waals surface area contributed by atoms with E-state index >= 15 is 0 Å². The minimum absolute atomic E-state index is 0.0904. The predicted molar refractivity (Wildman–Crippen MR) is 64.6 cm³/mol. The number of rotatable bonds is 3. The number of hydrogen-bond acceptors (Lipinski definition) is 6. The average molecular weight is 285 g/mol. The highest BCUT2D eigenvalue weighted by Crippen LogP contribution is 2.33. The van der Waals surface area contributed by atoms with Crippen LogP contribution < -0.4 is 10.5 Å². The first kappa shape index (κ1) is 13.0. The molecule has 9 heteroatoms. The van der Waals surface area contributed by atoms with Crippen molar-refractivity contribution in [3.63, 3.8) is 0 Å². The third-order valence-electron chi connectivity index (χ3n) is 2.11. The first-order valence-electron chi connectivity index (χ1n) is 4.87. The van der Waals surface area contributed by atoms with Crippen LogP contribution in [-0.2, 0) is 0 Å². The van der Waals surface area contributed by atoms with Crippen LogP contribution in [0.5, 0.6) is 11.6 Å². The van der Waals surface area contributed by atoms with Gasteiger partial charge >= 0.3 is 11.6 Å². The van der Waals surface area contributed by atoms with E-state index in [1.54, 1.807) is 0 Å². The maximum atomic E-state index is 13.0. The monoisotopic (exact) mass is 284 g/mol. The van der Waals surface area contributed by atoms with Gasteiger partial charge in [0.2, 0.25) is 5.82 Å². The zero-order valence-corrected chi connectivity index (χ0v) is 9.96. The van der Waals surface area contributed by atoms with Crippen LogP contribution in [0, 0.1) is 15.9 Å². The number of benzene rings is 1. The second-order valence-corrected chi connectivity index (χ2v) is 3.75. The molecule has 1 aromatic heterocycles. The average Bonchev–Trinajstić information content (AvgIpc) is 2.33. The molecule has 0 fully saturated rings. The zero-order chi connectivity index (χ0) is 14.0. The molecule has 0 bridgehead atoms. The van der Waals surface area contributed by atoms with Crippen LogP contribution in [0.25, 0.3) is 0 Å². The minimum Gasteiger partial charge on any atom is -0.433 e. The van der Waals surface area contributed by atoms with E-state index in [2.05, 4.69) is 9.97 Å². The van der Waals surface area contributed by atoms with Crippen molar-refractivity contribution < 1.29 is 14.1 Å². The molecule has 98 valence electrons. The van der Waals surface area contributed by atoms with Crippen molar-refractivity contribution in [1.82, 2.24) is 9.97 Å². The number of nitrogens with zero attached hydrogens (tertiary/aromatic N) is 3. The summed E-state index contributed by atoms with van der Waals surface area (Å²) >= 11 is 5.57. The van der Waals surface area contributed by atoms with Crippen LogP contribution in [0.15, 0.2) is 24.5 Å². The SMILES string of the molecule is Nc1ncnc(Oc2ccc(F)c(Cl)c2)c1[N+](=O)[O-]. The highest BCUT2D eigenvalue weighted by atomic mass is 35.5. The highest BCUT2D eigenvalue weighted by molar-refractivity contribution is 6.30. The third-order valence-corrected chi connectivity index (χ3v) is 2.39. The fourth-order valence-corrected chi connectivity index (χ4v) is 1.44. The van der Waals surface area contributed by atoms with Crippen molar-refractivity contribution >= 4 is 23.1 Å². The summed E-state index contributed by atoms with van der Waals surface area (Å²) in [7, 11) is 0. The van der Waals surface area contributed by atoms with Gasteiger partial charge in [0.15, 0.2) is 0 Å². The van der Waals surface area contributed by atoms with Gasteiger partial charge in [0.25, 0.3) is 0 Å². The summed E-state index contributed by atoms with van der Waals surface area (Å²) in [6.07, 6.45) is 1.02. The first-order valence-corrected chi connectivity index (χ1v) is 5.24. The highest BCUT2D eigenvalue weighted by Gasteiger charge is 2.23. The molecule has 2 rings (SSSR count). The Morgan fingerprint density at radius 3 is 2.79 bits per heavy atom. The van der Waals surface area contributed by atoms with E-state index in [4.69, 9.17) is 22.1 Å². The topological polar surface area (TPSA) is 104 Å². The van der Waals surface area contributed by atoms with E-state index in [0.29, 0.717) is 0 Å². The van der Waals surface area contributed by atoms with Gasteiger partial charge in [-0.2, -0.15) is 4.98 Å². The van der Waals surface area contributed by atoms with Crippen molar-refractivity contribution in [2.75, 3.05) is 5.73 Å². The molecule has 0 radical (unpaired) electrons. The Bertz CT molecular complexity index is 653. The molecule has 2 aromatic rings. The number of hydrogen-bond donors (Lipinski definition) is 1. The Labute approximate surface area is 111 Å². The summed E-state index contributed by atoms with van der Waals surface area (Å²) in [6.45, 7) is 0. The van der Waals surface area contributed by atoms with E-state index in [1.165, 1.54) is 12.1 Å². The lowest BCUT2D eigenvalue weighted by molar-refractivity contribution is -0.385. The van der Waals surface area contributed by atoms with Crippen LogP contribution in [-0.4, -0.2) is 14.9 Å². The summed E-state index contributed by atoms with van der Waals surface area (Å²) in [5.41, 5.74) is 4.80. The molecule has 0 aliphatic heterocycles. The van der Waals surface area contributed by atoms with Crippen molar-refractivity contribution in [3.05, 3.63) is 45.5 Å². The number of halogens is 2. The molecule has 7 nitrogen and oxygen atoms in total. The Kier molecular flexibility index (Phi) is 3.43. The lowest BCUT2D eigenvalue weighted by Gasteiger charge is -2.06. The van der Waals surface area contributed by atoms with E-state index in [0.717, 1.165) is 12.4 Å². The summed E-state index contributed by atoms with van der Waals surface area (Å²) in [5.74, 6) is -1.22. The molecule has 1 heterocycles. The lowest BCUT2D eigenvalue weighted by atomic mass is 10.3. The molecule has 1 aromatic carbocycles. The third kappa shape index (κ3) is 2.68. The molecule has 0 atom stereocenters. The Balaban J connectivity index is 2.40. The number of ether oxygens (including phenoxy) is 1. The molecular formula is C10H6ClFN4O3. The fraction of sp³-hybridized carbons (Fsp3) is 0. The smallest absolute Gasteiger partial charge is 0.372 e. The maximum Gasteiger partial charge on any atom is 0.372 e. The molecular weight excluding hydrogens is 279 g/mol. The van der Waals surface area contributed by atoms with E-state index in [1.807, 2.05) is 0 Å². The van der Waals surface area contributed by atoms with Crippen molar-refractivity contribution in [1.29, 1.82) is 0 Å². The summed E-state index contributed by atoms with van der Waals surface area (Å²) in [4.78, 5) is 17.2. The number of anilines is 1. The van der Waals surface area contributed by atoms with Crippen LogP contribution >= 0.6 is 11.6 Å². The van der Waals surface area contributed by atoms with E-state index in [9.17, 15) is 14.5 Å². The van der Waals surface area contributed by atoms with Gasteiger partial charge in [-0.15, -0.1) is 0 Å². The molecule has 0 amide bonds. The van der Waals surface area contributed by atoms with E-state index in [-0.39, 0.29) is 22.5 Å². The molecule has 0 spiro atoms. The molecule has 0 unspecified atom stereocenters. The largest absolute Gasteiger partial charge is 0.433 e. The summed E-state index contributed by atoms with van der Waals surface area (Å²) in [5, 5.41) is 10.7. The van der Waals surface area contributed by atoms with Gasteiger partial charge in [-0.05, 0) is 12.1 Å². The Morgan fingerprint density at radius 2 is 2.16 bits per heavy atom. The first-order chi connectivity index (χ1) is 8.99. The number of nitro groups is 1. The molecule has 0 saturated heterocycles. The second kappa shape index (κ2) is 5.02. The van der Waals surface area contributed by atoms with Gasteiger partial charge in [-0.1, -0.05) is 11.6 Å². The van der Waals surface area contributed by atoms with Gasteiger partial charge in [0.05, 0.1) is 9.95 Å². The van der Waals surface area contributed by atoms with Crippen molar-refractivity contribution in [2.45, 2.75) is 0 Å². The standard InChI is InChI=1S/C10H6ClFN4O3/c11-6-3-5(1-2-7(6)12)19-10-8(16(17)18)9(13)14-4-15-10/h1-4H,(H2,13,14,15). The molecule has 2 N–H and O–H groups in total. The quantitative estimate of drug-likeness (QED) is 0.686. The van der Waals surface area contributed by atoms with Crippen LogP contribution in [0.3, 0.4) is 0 Å². The Morgan fingerprint density at radius 1 is 1.42 bits per heavy atom. The molecule has 0 saturated carbocycles. The minimum atomic E-state index is -0.768. The number of aromatic nitrogens is 2. The molecule has 0 aliphatic carbocycles. The molecule has 19 heavy (non-hydrogen) atoms. The van der Waals surface area contributed by atoms with Gasteiger partial charge in [0.1, 0.15) is 17.9 Å². The maximum absolute atomic E-state index is 13.0. The van der Waals surface area contributed by atoms with Crippen LogP contribution in [0.2, 0.25) is 5.02 Å². The summed E-state index contributed by atoms with van der Waals surface area (Å²) < 4.78 is 18.1. The van der Waals surface area contributed by atoms with Crippen LogP contribution in [0.4, 0.5) is 15.9 Å². The zero-order valence-electron chi connectivity index (χ0n) is 9.21. The van der Waals surface area contributed by atoms with Gasteiger partial charge in [0, 0.05) is 6.07 Å². The van der Waals surface area contributed by atoms with Crippen molar-refractivity contribution in [2.24, 2.45) is 0 Å². The van der Waals surface area contributed by atoms with Crippen LogP contribution in [0.1, 0.15) is 0 Å². The Hall–Kier alpha value is -2.48. The predicted octanol–water partition coefficient (Wildman–Crippen LogP) is 2.55. The normalized spacial score (nSPS) is 10.2. The lowest BCUT2D eigenvalue weighted by Crippen LogP contribution is -2.02. The number of nitrogen functional groups attached to an aromatic ring is 1. The van der Waals surface area contributed by atoms with E-state index < -0.39 is 16.4 Å². The van der Waals surface area contributed by atoms with Gasteiger partial charge in [-0.3, -0.25) is 10.1 Å². The van der Waals surface area contributed by atoms with Gasteiger partial charge in [-0.25, -0.2) is 9.37 Å². The number of nitrogens with two attached hydrogens (primary N) is 1. The molecule has 0 aliphatic rings.